The standard InChI is InChI=1S/C19H36O/c1-3-5-6-7-8-9-10-11-12-13-14-15-16-17-18-19(20)4-2/h8-9,11-12,19-20H,3-7,10,13-18H2,1-2H3/b9-8+,12-11+. The maximum Gasteiger partial charge on any atom is 0.0537 e. The second kappa shape index (κ2) is 16.5. The lowest BCUT2D eigenvalue weighted by Gasteiger charge is -2.06. The minimum Gasteiger partial charge on any atom is -0.393 e. The van der Waals surface area contributed by atoms with Crippen LogP contribution in [0.3, 0.4) is 0 Å². The van der Waals surface area contributed by atoms with Gasteiger partial charge in [0.15, 0.2) is 0 Å². The van der Waals surface area contributed by atoms with Crippen molar-refractivity contribution in [1.29, 1.82) is 0 Å². The zero-order valence-corrected chi connectivity index (χ0v) is 13.8. The zero-order chi connectivity index (χ0) is 14.9. The number of aliphatic hydroxyl groups is 1. The smallest absolute Gasteiger partial charge is 0.0537 e. The molecule has 0 amide bonds. The van der Waals surface area contributed by atoms with Gasteiger partial charge < -0.3 is 5.11 Å². The Hall–Kier alpha value is -0.560. The topological polar surface area (TPSA) is 20.2 Å². The van der Waals surface area contributed by atoms with Crippen molar-refractivity contribution in [3.05, 3.63) is 24.3 Å². The molecule has 0 aliphatic carbocycles. The van der Waals surface area contributed by atoms with Gasteiger partial charge in [0.2, 0.25) is 0 Å². The average Bonchev–Trinajstić information content (AvgIpc) is 2.47. The molecule has 0 saturated heterocycles. The summed E-state index contributed by atoms with van der Waals surface area (Å²) >= 11 is 0. The first kappa shape index (κ1) is 19.4. The maximum atomic E-state index is 9.43. The molecule has 1 heteroatoms. The summed E-state index contributed by atoms with van der Waals surface area (Å²) in [6.45, 7) is 4.30. The van der Waals surface area contributed by atoms with Gasteiger partial charge in [0.1, 0.15) is 0 Å². The fourth-order valence-corrected chi connectivity index (χ4v) is 2.22. The molecule has 1 atom stereocenters. The molecule has 0 aromatic carbocycles. The van der Waals surface area contributed by atoms with Crippen LogP contribution in [-0.4, -0.2) is 11.2 Å². The van der Waals surface area contributed by atoms with Crippen LogP contribution >= 0.6 is 0 Å². The fraction of sp³-hybridized carbons (Fsp3) is 0.789. The molecule has 1 N–H and O–H groups in total. The first-order valence-electron chi connectivity index (χ1n) is 8.79. The van der Waals surface area contributed by atoms with Gasteiger partial charge in [-0.1, -0.05) is 70.3 Å². The highest BCUT2D eigenvalue weighted by molar-refractivity contribution is 4.92. The normalized spacial score (nSPS) is 13.6. The van der Waals surface area contributed by atoms with Crippen molar-refractivity contribution in [2.75, 3.05) is 0 Å². The van der Waals surface area contributed by atoms with Crippen LogP contribution in [-0.2, 0) is 0 Å². The van der Waals surface area contributed by atoms with E-state index in [2.05, 4.69) is 31.2 Å². The Morgan fingerprint density at radius 1 is 0.750 bits per heavy atom. The molecule has 0 radical (unpaired) electrons. The first-order chi connectivity index (χ1) is 9.81. The SMILES string of the molecule is CCCCC/C=C/C/C=C/CCCCCCC(O)CC. The van der Waals surface area contributed by atoms with Crippen molar-refractivity contribution < 1.29 is 5.11 Å². The molecular weight excluding hydrogens is 244 g/mol. The van der Waals surface area contributed by atoms with Gasteiger partial charge >= 0.3 is 0 Å². The molecule has 0 aliphatic rings. The molecule has 0 fully saturated rings. The Morgan fingerprint density at radius 3 is 1.95 bits per heavy atom. The van der Waals surface area contributed by atoms with Gasteiger partial charge in [-0.3, -0.25) is 0 Å². The van der Waals surface area contributed by atoms with Crippen molar-refractivity contribution in [3.8, 4) is 0 Å². The molecule has 0 bridgehead atoms. The first-order valence-corrected chi connectivity index (χ1v) is 8.79. The number of unbranched alkanes of at least 4 members (excludes halogenated alkanes) is 7. The lowest BCUT2D eigenvalue weighted by atomic mass is 10.1. The molecule has 0 saturated carbocycles. The third-order valence-corrected chi connectivity index (χ3v) is 3.71. The summed E-state index contributed by atoms with van der Waals surface area (Å²) in [5.41, 5.74) is 0. The monoisotopic (exact) mass is 280 g/mol. The van der Waals surface area contributed by atoms with E-state index in [1.165, 1.54) is 57.8 Å². The van der Waals surface area contributed by atoms with E-state index >= 15 is 0 Å². The highest BCUT2D eigenvalue weighted by atomic mass is 16.3. The van der Waals surface area contributed by atoms with Gasteiger partial charge in [-0.15, -0.1) is 0 Å². The number of hydrogen-bond acceptors (Lipinski definition) is 1. The number of rotatable bonds is 14. The van der Waals surface area contributed by atoms with Gasteiger partial charge in [0.05, 0.1) is 6.10 Å². The Balaban J connectivity index is 3.19. The van der Waals surface area contributed by atoms with E-state index in [4.69, 9.17) is 0 Å². The fourth-order valence-electron chi connectivity index (χ4n) is 2.22. The molecule has 0 aromatic heterocycles. The van der Waals surface area contributed by atoms with E-state index in [-0.39, 0.29) is 6.10 Å². The van der Waals surface area contributed by atoms with Crippen LogP contribution in [0.1, 0.15) is 90.9 Å². The Labute approximate surface area is 127 Å². The average molecular weight is 280 g/mol. The maximum absolute atomic E-state index is 9.43. The molecule has 118 valence electrons. The van der Waals surface area contributed by atoms with Crippen molar-refractivity contribution in [1.82, 2.24) is 0 Å². The second-order valence-corrected chi connectivity index (χ2v) is 5.73. The molecule has 1 unspecified atom stereocenters. The van der Waals surface area contributed by atoms with Crippen LogP contribution in [0.25, 0.3) is 0 Å². The van der Waals surface area contributed by atoms with Gasteiger partial charge in [-0.05, 0) is 44.9 Å². The zero-order valence-electron chi connectivity index (χ0n) is 13.8. The number of aliphatic hydroxyl groups excluding tert-OH is 1. The van der Waals surface area contributed by atoms with E-state index in [0.29, 0.717) is 0 Å². The Kier molecular flexibility index (Phi) is 16.0. The summed E-state index contributed by atoms with van der Waals surface area (Å²) < 4.78 is 0. The highest BCUT2D eigenvalue weighted by Crippen LogP contribution is 2.09. The predicted octanol–water partition coefficient (Wildman–Crippen LogP) is 6.18. The van der Waals surface area contributed by atoms with Crippen molar-refractivity contribution in [2.45, 2.75) is 97.0 Å². The lowest BCUT2D eigenvalue weighted by molar-refractivity contribution is 0.156. The van der Waals surface area contributed by atoms with Crippen molar-refractivity contribution >= 4 is 0 Å². The van der Waals surface area contributed by atoms with Crippen LogP contribution in [0.4, 0.5) is 0 Å². The molecule has 0 aromatic rings. The lowest BCUT2D eigenvalue weighted by Crippen LogP contribution is -2.03. The summed E-state index contributed by atoms with van der Waals surface area (Å²) in [5, 5.41) is 9.43. The van der Waals surface area contributed by atoms with Crippen LogP contribution in [0.15, 0.2) is 24.3 Å². The van der Waals surface area contributed by atoms with E-state index < -0.39 is 0 Å². The second-order valence-electron chi connectivity index (χ2n) is 5.73. The summed E-state index contributed by atoms with van der Waals surface area (Å²) in [4.78, 5) is 0. The molecule has 1 nitrogen and oxygen atoms in total. The minimum absolute atomic E-state index is 0.0704. The largest absolute Gasteiger partial charge is 0.393 e. The van der Waals surface area contributed by atoms with Gasteiger partial charge in [-0.25, -0.2) is 0 Å². The van der Waals surface area contributed by atoms with Crippen LogP contribution in [0.5, 0.6) is 0 Å². The van der Waals surface area contributed by atoms with Gasteiger partial charge in [0, 0.05) is 0 Å². The van der Waals surface area contributed by atoms with Crippen LogP contribution in [0, 0.1) is 0 Å². The minimum atomic E-state index is -0.0704. The van der Waals surface area contributed by atoms with E-state index in [0.717, 1.165) is 19.3 Å². The molecule has 20 heavy (non-hydrogen) atoms. The molecule has 0 heterocycles. The van der Waals surface area contributed by atoms with E-state index in [1.807, 2.05) is 6.92 Å². The van der Waals surface area contributed by atoms with Crippen molar-refractivity contribution in [3.63, 3.8) is 0 Å². The van der Waals surface area contributed by atoms with E-state index in [9.17, 15) is 5.11 Å². The third-order valence-electron chi connectivity index (χ3n) is 3.71. The predicted molar refractivity (Wildman–Crippen MR) is 91.0 cm³/mol. The number of hydrogen-bond donors (Lipinski definition) is 1. The quantitative estimate of drug-likeness (QED) is 0.297. The summed E-state index contributed by atoms with van der Waals surface area (Å²) in [7, 11) is 0. The van der Waals surface area contributed by atoms with Crippen molar-refractivity contribution in [2.24, 2.45) is 0 Å². The Morgan fingerprint density at radius 2 is 1.35 bits per heavy atom. The molecule has 0 rings (SSSR count). The third kappa shape index (κ3) is 15.5. The Bertz CT molecular complexity index is 230. The van der Waals surface area contributed by atoms with Gasteiger partial charge in [0.25, 0.3) is 0 Å². The summed E-state index contributed by atoms with van der Waals surface area (Å²) in [6, 6.07) is 0. The molecule has 0 aliphatic heterocycles. The van der Waals surface area contributed by atoms with E-state index in [1.54, 1.807) is 0 Å². The summed E-state index contributed by atoms with van der Waals surface area (Å²) in [6.07, 6.45) is 23.6. The van der Waals surface area contributed by atoms with Crippen LogP contribution < -0.4 is 0 Å². The molecule has 0 spiro atoms. The number of allylic oxidation sites excluding steroid dienone is 4. The molecular formula is C19H36O. The van der Waals surface area contributed by atoms with Crippen LogP contribution in [0.2, 0.25) is 0 Å². The summed E-state index contributed by atoms with van der Waals surface area (Å²) in [5.74, 6) is 0. The van der Waals surface area contributed by atoms with Gasteiger partial charge in [-0.2, -0.15) is 0 Å². The highest BCUT2D eigenvalue weighted by Gasteiger charge is 1.98.